The smallest absolute Gasteiger partial charge is 0.216 e. The summed E-state index contributed by atoms with van der Waals surface area (Å²) in [5, 5.41) is 6.80. The molecular weight excluding hydrogens is 427 g/mol. The Kier molecular flexibility index (Phi) is 9.24. The van der Waals surface area contributed by atoms with Crippen LogP contribution in [0.5, 0.6) is 0 Å². The van der Waals surface area contributed by atoms with Gasteiger partial charge in [-0.15, -0.1) is 24.0 Å². The molecule has 6 heteroatoms. The maximum Gasteiger partial charge on any atom is 0.216 e. The van der Waals surface area contributed by atoms with E-state index in [9.17, 15) is 0 Å². The number of aromatic nitrogens is 1. The fourth-order valence-corrected chi connectivity index (χ4v) is 3.20. The molecule has 2 atom stereocenters. The second-order valence-electron chi connectivity index (χ2n) is 8.08. The minimum absolute atomic E-state index is 0. The van der Waals surface area contributed by atoms with Crippen molar-refractivity contribution in [3.05, 3.63) is 17.8 Å². The summed E-state index contributed by atoms with van der Waals surface area (Å²) in [6, 6.07) is 0. The van der Waals surface area contributed by atoms with Crippen LogP contribution in [-0.4, -0.2) is 24.0 Å². The van der Waals surface area contributed by atoms with Crippen molar-refractivity contribution >= 4 is 29.9 Å². The Balaban J connectivity index is 0.00000312. The van der Waals surface area contributed by atoms with E-state index < -0.39 is 0 Å². The number of rotatable bonds is 5. The van der Waals surface area contributed by atoms with Gasteiger partial charge in [0.2, 0.25) is 5.89 Å². The molecule has 1 aromatic rings. The van der Waals surface area contributed by atoms with Gasteiger partial charge in [0, 0.05) is 18.5 Å². The lowest BCUT2D eigenvalue weighted by atomic mass is 9.82. The average molecular weight is 462 g/mol. The predicted molar refractivity (Wildman–Crippen MR) is 115 cm³/mol. The minimum Gasteiger partial charge on any atom is -0.443 e. The van der Waals surface area contributed by atoms with Gasteiger partial charge in [0.1, 0.15) is 12.3 Å². The highest BCUT2D eigenvalue weighted by Crippen LogP contribution is 2.28. The van der Waals surface area contributed by atoms with Crippen molar-refractivity contribution in [1.29, 1.82) is 0 Å². The molecule has 1 fully saturated rings. The van der Waals surface area contributed by atoms with E-state index in [4.69, 9.17) is 4.42 Å². The van der Waals surface area contributed by atoms with Crippen LogP contribution >= 0.6 is 24.0 Å². The monoisotopic (exact) mass is 462 g/mol. The van der Waals surface area contributed by atoms with Crippen LogP contribution in [0, 0.1) is 11.8 Å². The van der Waals surface area contributed by atoms with E-state index in [1.165, 1.54) is 25.7 Å². The third-order valence-corrected chi connectivity index (χ3v) is 4.61. The highest BCUT2D eigenvalue weighted by Gasteiger charge is 2.20. The molecule has 1 aliphatic rings. The van der Waals surface area contributed by atoms with E-state index in [1.807, 2.05) is 6.20 Å². The summed E-state index contributed by atoms with van der Waals surface area (Å²) in [6.45, 7) is 13.1. The Labute approximate surface area is 169 Å². The second kappa shape index (κ2) is 10.4. The Morgan fingerprint density at radius 3 is 2.68 bits per heavy atom. The van der Waals surface area contributed by atoms with Crippen molar-refractivity contribution in [1.82, 2.24) is 15.6 Å². The summed E-state index contributed by atoms with van der Waals surface area (Å²) in [6.07, 6.45) is 7.19. The highest BCUT2D eigenvalue weighted by atomic mass is 127. The minimum atomic E-state index is -0.0185. The molecule has 0 radical (unpaired) electrons. The Morgan fingerprint density at radius 1 is 1.32 bits per heavy atom. The van der Waals surface area contributed by atoms with Crippen LogP contribution in [0.4, 0.5) is 0 Å². The van der Waals surface area contributed by atoms with Crippen molar-refractivity contribution in [2.75, 3.05) is 13.1 Å². The Bertz CT molecular complexity index is 536. The van der Waals surface area contributed by atoms with Crippen molar-refractivity contribution in [2.45, 2.75) is 72.3 Å². The van der Waals surface area contributed by atoms with E-state index in [2.05, 4.69) is 55.2 Å². The van der Waals surface area contributed by atoms with E-state index in [-0.39, 0.29) is 29.4 Å². The summed E-state index contributed by atoms with van der Waals surface area (Å²) < 4.78 is 5.81. The van der Waals surface area contributed by atoms with Crippen LogP contribution in [0.2, 0.25) is 0 Å². The summed E-state index contributed by atoms with van der Waals surface area (Å²) >= 11 is 0. The van der Waals surface area contributed by atoms with E-state index in [1.54, 1.807) is 0 Å². The number of nitrogens with zero attached hydrogens (tertiary/aromatic N) is 2. The van der Waals surface area contributed by atoms with Gasteiger partial charge in [-0.3, -0.25) is 0 Å². The zero-order chi connectivity index (χ0) is 17.6. The fourth-order valence-electron chi connectivity index (χ4n) is 3.20. The molecule has 2 rings (SSSR count). The maximum absolute atomic E-state index is 5.81. The molecule has 0 aliphatic heterocycles. The lowest BCUT2D eigenvalue weighted by Crippen LogP contribution is -2.40. The molecule has 1 aliphatic carbocycles. The van der Waals surface area contributed by atoms with Crippen LogP contribution < -0.4 is 10.6 Å². The van der Waals surface area contributed by atoms with Crippen molar-refractivity contribution in [2.24, 2.45) is 16.8 Å². The molecule has 2 N–H and O–H groups in total. The van der Waals surface area contributed by atoms with Crippen LogP contribution in [0.25, 0.3) is 0 Å². The standard InChI is InChI=1S/C19H34N4O.HI/c1-6-20-18(22-11-15-9-7-8-14(2)10-15)23-13-17-21-12-16(24-17)19(3,4)5;/h12,14-15H,6-11,13H2,1-5H3,(H2,20,22,23);1H. The van der Waals surface area contributed by atoms with Gasteiger partial charge in [-0.05, 0) is 31.6 Å². The molecule has 0 amide bonds. The number of halogens is 1. The quantitative estimate of drug-likeness (QED) is 0.385. The van der Waals surface area contributed by atoms with E-state index in [0.717, 1.165) is 36.6 Å². The van der Waals surface area contributed by atoms with Gasteiger partial charge in [0.15, 0.2) is 5.96 Å². The molecule has 0 spiro atoms. The maximum atomic E-state index is 5.81. The van der Waals surface area contributed by atoms with E-state index in [0.29, 0.717) is 12.4 Å². The molecule has 0 aromatic carbocycles. The first kappa shape index (κ1) is 22.3. The Hall–Kier alpha value is -0.790. The normalized spacial score (nSPS) is 21.6. The zero-order valence-electron chi connectivity index (χ0n) is 16.4. The molecule has 1 aromatic heterocycles. The third-order valence-electron chi connectivity index (χ3n) is 4.61. The van der Waals surface area contributed by atoms with Gasteiger partial charge in [0.25, 0.3) is 0 Å². The summed E-state index contributed by atoms with van der Waals surface area (Å²) in [7, 11) is 0. The zero-order valence-corrected chi connectivity index (χ0v) is 18.7. The number of guanidine groups is 1. The lowest BCUT2D eigenvalue weighted by molar-refractivity contribution is 0.282. The van der Waals surface area contributed by atoms with Gasteiger partial charge < -0.3 is 15.1 Å². The number of hydrogen-bond acceptors (Lipinski definition) is 3. The molecule has 25 heavy (non-hydrogen) atoms. The number of aliphatic imine (C=N–C) groups is 1. The van der Waals surface area contributed by atoms with Gasteiger partial charge in [-0.1, -0.05) is 40.5 Å². The topological polar surface area (TPSA) is 62.5 Å². The van der Waals surface area contributed by atoms with Gasteiger partial charge in [0.05, 0.1) is 6.20 Å². The van der Waals surface area contributed by atoms with E-state index >= 15 is 0 Å². The molecule has 1 saturated carbocycles. The lowest BCUT2D eigenvalue weighted by Gasteiger charge is -2.27. The average Bonchev–Trinajstić information content (AvgIpc) is 2.99. The third kappa shape index (κ3) is 7.54. The van der Waals surface area contributed by atoms with Crippen molar-refractivity contribution < 1.29 is 4.42 Å². The van der Waals surface area contributed by atoms with Crippen molar-refractivity contribution in [3.63, 3.8) is 0 Å². The molecule has 0 saturated heterocycles. The Morgan fingerprint density at radius 2 is 2.08 bits per heavy atom. The molecule has 144 valence electrons. The molecule has 1 heterocycles. The first-order valence-electron chi connectivity index (χ1n) is 9.35. The number of oxazole rings is 1. The second-order valence-corrected chi connectivity index (χ2v) is 8.08. The number of hydrogen-bond donors (Lipinski definition) is 2. The van der Waals surface area contributed by atoms with Crippen LogP contribution in [-0.2, 0) is 12.0 Å². The predicted octanol–water partition coefficient (Wildman–Crippen LogP) is 4.47. The first-order valence-corrected chi connectivity index (χ1v) is 9.35. The molecule has 2 unspecified atom stereocenters. The molecule has 5 nitrogen and oxygen atoms in total. The van der Waals surface area contributed by atoms with Crippen molar-refractivity contribution in [3.8, 4) is 0 Å². The molecular formula is C19H35IN4O. The summed E-state index contributed by atoms with van der Waals surface area (Å²) in [4.78, 5) is 8.97. The SMILES string of the molecule is CCNC(=NCc1ncc(C(C)(C)C)o1)NCC1CCCC(C)C1.I. The van der Waals surface area contributed by atoms with Gasteiger partial charge in [-0.25, -0.2) is 9.98 Å². The summed E-state index contributed by atoms with van der Waals surface area (Å²) in [5.74, 6) is 4.04. The van der Waals surface area contributed by atoms with Crippen LogP contribution in [0.3, 0.4) is 0 Å². The fraction of sp³-hybridized carbons (Fsp3) is 0.789. The molecule has 0 bridgehead atoms. The van der Waals surface area contributed by atoms with Gasteiger partial charge in [-0.2, -0.15) is 0 Å². The first-order chi connectivity index (χ1) is 11.4. The van der Waals surface area contributed by atoms with Crippen LogP contribution in [0.1, 0.15) is 72.0 Å². The van der Waals surface area contributed by atoms with Crippen LogP contribution in [0.15, 0.2) is 15.6 Å². The highest BCUT2D eigenvalue weighted by molar-refractivity contribution is 14.0. The largest absolute Gasteiger partial charge is 0.443 e. The summed E-state index contributed by atoms with van der Waals surface area (Å²) in [5.41, 5.74) is -0.0185. The number of nitrogens with one attached hydrogen (secondary N) is 2. The van der Waals surface area contributed by atoms with Gasteiger partial charge >= 0.3 is 0 Å².